The van der Waals surface area contributed by atoms with Gasteiger partial charge >= 0.3 is 5.97 Å². The van der Waals surface area contributed by atoms with Crippen molar-refractivity contribution in [3.63, 3.8) is 0 Å². The van der Waals surface area contributed by atoms with Gasteiger partial charge in [-0.2, -0.15) is 0 Å². The van der Waals surface area contributed by atoms with E-state index in [0.717, 1.165) is 22.9 Å². The molecule has 1 aliphatic rings. The lowest BCUT2D eigenvalue weighted by Crippen LogP contribution is -2.37. The van der Waals surface area contributed by atoms with Gasteiger partial charge in [-0.15, -0.1) is 0 Å². The molecule has 0 heterocycles. The van der Waals surface area contributed by atoms with E-state index in [0.29, 0.717) is 13.0 Å². The van der Waals surface area contributed by atoms with E-state index in [1.165, 1.54) is 0 Å². The van der Waals surface area contributed by atoms with E-state index in [1.54, 1.807) is 13.8 Å². The molecule has 1 fully saturated rings. The first-order chi connectivity index (χ1) is 9.78. The molecule has 1 aromatic rings. The smallest absolute Gasteiger partial charge is 0.309 e. The molecule has 0 aromatic heterocycles. The molecule has 114 valence electrons. The lowest BCUT2D eigenvalue weighted by atomic mass is 9.89. The van der Waals surface area contributed by atoms with Gasteiger partial charge in [-0.25, -0.2) is 0 Å². The number of amides is 1. The van der Waals surface area contributed by atoms with E-state index in [4.69, 9.17) is 5.11 Å². The van der Waals surface area contributed by atoms with E-state index in [1.807, 2.05) is 24.3 Å². The summed E-state index contributed by atoms with van der Waals surface area (Å²) in [4.78, 5) is 23.5. The zero-order valence-corrected chi connectivity index (χ0v) is 13.9. The van der Waals surface area contributed by atoms with Crippen LogP contribution in [0.3, 0.4) is 0 Å². The number of hydrogen-bond acceptors (Lipinski definition) is 2. The monoisotopic (exact) mass is 353 g/mol. The van der Waals surface area contributed by atoms with Gasteiger partial charge in [-0.05, 0) is 50.8 Å². The molecule has 0 spiro atoms. The average Bonchev–Trinajstić information content (AvgIpc) is 3.19. The fourth-order valence-electron chi connectivity index (χ4n) is 2.32. The summed E-state index contributed by atoms with van der Waals surface area (Å²) in [6, 6.07) is 7.82. The molecule has 0 bridgehead atoms. The minimum Gasteiger partial charge on any atom is -0.481 e. The van der Waals surface area contributed by atoms with Crippen molar-refractivity contribution in [2.75, 3.05) is 6.54 Å². The first-order valence-corrected chi connectivity index (χ1v) is 7.85. The molecule has 0 unspecified atom stereocenters. The topological polar surface area (TPSA) is 66.4 Å². The minimum atomic E-state index is -0.843. The molecule has 5 heteroatoms. The van der Waals surface area contributed by atoms with Crippen LogP contribution in [-0.2, 0) is 15.0 Å². The van der Waals surface area contributed by atoms with Crippen molar-refractivity contribution in [2.24, 2.45) is 5.41 Å². The largest absolute Gasteiger partial charge is 0.481 e. The lowest BCUT2D eigenvalue weighted by molar-refractivity contribution is -0.147. The van der Waals surface area contributed by atoms with Crippen LogP contribution in [0.1, 0.15) is 38.7 Å². The van der Waals surface area contributed by atoms with Gasteiger partial charge < -0.3 is 10.4 Å². The third-order valence-electron chi connectivity index (χ3n) is 4.18. The summed E-state index contributed by atoms with van der Waals surface area (Å²) in [7, 11) is 0. The highest BCUT2D eigenvalue weighted by atomic mass is 79.9. The number of carboxylic acid groups (broad SMARTS) is 1. The van der Waals surface area contributed by atoms with Crippen molar-refractivity contribution in [1.82, 2.24) is 5.32 Å². The van der Waals surface area contributed by atoms with Gasteiger partial charge in [0.1, 0.15) is 0 Å². The Balaban J connectivity index is 1.96. The van der Waals surface area contributed by atoms with E-state index in [-0.39, 0.29) is 5.91 Å². The number of nitrogens with one attached hydrogen (secondary N) is 1. The Labute approximate surface area is 133 Å². The highest BCUT2D eigenvalue weighted by Gasteiger charge is 2.51. The summed E-state index contributed by atoms with van der Waals surface area (Å²) in [5.41, 5.74) is -0.219. The van der Waals surface area contributed by atoms with Crippen LogP contribution >= 0.6 is 15.9 Å². The lowest BCUT2D eigenvalue weighted by Gasteiger charge is -2.21. The van der Waals surface area contributed by atoms with Crippen LogP contribution in [0.15, 0.2) is 28.7 Å². The second-order valence-electron chi connectivity index (χ2n) is 6.29. The summed E-state index contributed by atoms with van der Waals surface area (Å²) in [5, 5.41) is 12.0. The third-order valence-corrected chi connectivity index (χ3v) is 4.67. The number of carboxylic acids is 1. The Morgan fingerprint density at radius 2 is 2.05 bits per heavy atom. The molecule has 1 amide bonds. The summed E-state index contributed by atoms with van der Waals surface area (Å²) in [6.07, 6.45) is 2.11. The van der Waals surface area contributed by atoms with Gasteiger partial charge in [0.2, 0.25) is 5.91 Å². The van der Waals surface area contributed by atoms with Crippen LogP contribution in [0.5, 0.6) is 0 Å². The van der Waals surface area contributed by atoms with Crippen LogP contribution in [0, 0.1) is 5.41 Å². The van der Waals surface area contributed by atoms with Crippen molar-refractivity contribution in [2.45, 2.75) is 38.5 Å². The predicted molar refractivity (Wildman–Crippen MR) is 84.1 cm³/mol. The van der Waals surface area contributed by atoms with E-state index in [9.17, 15) is 9.59 Å². The summed E-state index contributed by atoms with van der Waals surface area (Å²) >= 11 is 3.43. The van der Waals surface area contributed by atoms with E-state index >= 15 is 0 Å². The van der Waals surface area contributed by atoms with Crippen LogP contribution < -0.4 is 5.32 Å². The van der Waals surface area contributed by atoms with E-state index in [2.05, 4.69) is 21.2 Å². The maximum atomic E-state index is 12.4. The van der Waals surface area contributed by atoms with Crippen molar-refractivity contribution < 1.29 is 14.7 Å². The molecule has 21 heavy (non-hydrogen) atoms. The average molecular weight is 354 g/mol. The quantitative estimate of drug-likeness (QED) is 0.825. The SMILES string of the molecule is CC(C)(CCNC(=O)C1(c2cccc(Br)c2)CC1)C(=O)O. The summed E-state index contributed by atoms with van der Waals surface area (Å²) in [6.45, 7) is 3.72. The number of benzene rings is 1. The Kier molecular flexibility index (Phi) is 4.42. The Morgan fingerprint density at radius 3 is 2.57 bits per heavy atom. The van der Waals surface area contributed by atoms with Gasteiger partial charge in [0.25, 0.3) is 0 Å². The molecule has 1 saturated carbocycles. The Bertz CT molecular complexity index is 564. The van der Waals surface area contributed by atoms with Gasteiger partial charge in [-0.3, -0.25) is 9.59 Å². The molecule has 0 radical (unpaired) electrons. The van der Waals surface area contributed by atoms with Crippen molar-refractivity contribution in [3.05, 3.63) is 34.3 Å². The Hall–Kier alpha value is -1.36. The molecule has 0 aliphatic heterocycles. The number of carbonyl (C=O) groups excluding carboxylic acids is 1. The Morgan fingerprint density at radius 1 is 1.38 bits per heavy atom. The number of rotatable bonds is 6. The second kappa shape index (κ2) is 5.79. The van der Waals surface area contributed by atoms with Crippen LogP contribution in [0.4, 0.5) is 0 Å². The molecular weight excluding hydrogens is 334 g/mol. The molecule has 0 saturated heterocycles. The van der Waals surface area contributed by atoms with Crippen LogP contribution in [-0.4, -0.2) is 23.5 Å². The standard InChI is InChI=1S/C16H20BrNO3/c1-15(2,14(20)21)8-9-18-13(19)16(6-7-16)11-4-3-5-12(17)10-11/h3-5,10H,6-9H2,1-2H3,(H,18,19)(H,20,21). The maximum absolute atomic E-state index is 12.4. The molecule has 1 aliphatic carbocycles. The zero-order chi connectivity index (χ0) is 15.7. The number of halogens is 1. The number of aliphatic carboxylic acids is 1. The van der Waals surface area contributed by atoms with Crippen LogP contribution in [0.25, 0.3) is 0 Å². The van der Waals surface area contributed by atoms with E-state index < -0.39 is 16.8 Å². The van der Waals surface area contributed by atoms with Crippen LogP contribution in [0.2, 0.25) is 0 Å². The van der Waals surface area contributed by atoms with Crippen molar-refractivity contribution in [1.29, 1.82) is 0 Å². The fraction of sp³-hybridized carbons (Fsp3) is 0.500. The minimum absolute atomic E-state index is 0.00166. The zero-order valence-electron chi connectivity index (χ0n) is 12.3. The highest BCUT2D eigenvalue weighted by Crippen LogP contribution is 2.48. The normalized spacial score (nSPS) is 16.3. The molecular formula is C16H20BrNO3. The number of carbonyl (C=O) groups is 2. The summed E-state index contributed by atoms with van der Waals surface area (Å²) in [5.74, 6) is -0.841. The molecule has 0 atom stereocenters. The van der Waals surface area contributed by atoms with Gasteiger partial charge in [0, 0.05) is 11.0 Å². The number of hydrogen-bond donors (Lipinski definition) is 2. The molecule has 2 rings (SSSR count). The molecule has 1 aromatic carbocycles. The van der Waals surface area contributed by atoms with Gasteiger partial charge in [0.15, 0.2) is 0 Å². The van der Waals surface area contributed by atoms with Gasteiger partial charge in [0.05, 0.1) is 10.8 Å². The fourth-order valence-corrected chi connectivity index (χ4v) is 2.72. The predicted octanol–water partition coefficient (Wildman–Crippen LogP) is 3.10. The van der Waals surface area contributed by atoms with Crippen molar-refractivity contribution in [3.8, 4) is 0 Å². The van der Waals surface area contributed by atoms with Gasteiger partial charge in [-0.1, -0.05) is 28.1 Å². The third kappa shape index (κ3) is 3.46. The van der Waals surface area contributed by atoms with Crippen molar-refractivity contribution >= 4 is 27.8 Å². The molecule has 2 N–H and O–H groups in total. The highest BCUT2D eigenvalue weighted by molar-refractivity contribution is 9.10. The summed E-state index contributed by atoms with van der Waals surface area (Å²) < 4.78 is 0.964. The maximum Gasteiger partial charge on any atom is 0.309 e. The second-order valence-corrected chi connectivity index (χ2v) is 7.20. The molecule has 4 nitrogen and oxygen atoms in total. The first kappa shape index (κ1) is 16.0. The first-order valence-electron chi connectivity index (χ1n) is 7.06.